The molecule has 30 heteroatoms. The molecule has 0 aliphatic heterocycles. The molecular weight excluding hydrogens is 1240 g/mol. The second-order valence-electron chi connectivity index (χ2n) is 23.7. The molecule has 0 saturated carbocycles. The van der Waals surface area contributed by atoms with Gasteiger partial charge in [-0.3, -0.25) is 0 Å². The van der Waals surface area contributed by atoms with Crippen LogP contribution in [0.1, 0.15) is 243 Å². The maximum atomic E-state index is 11.7. The second kappa shape index (κ2) is 46.0. The van der Waals surface area contributed by atoms with Crippen LogP contribution in [0.3, 0.4) is 0 Å². The van der Waals surface area contributed by atoms with Gasteiger partial charge in [0, 0.05) is 12.8 Å². The lowest BCUT2D eigenvalue weighted by Gasteiger charge is -2.29. The van der Waals surface area contributed by atoms with E-state index >= 15 is 0 Å². The zero-order valence-corrected chi connectivity index (χ0v) is 54.1. The zero-order chi connectivity index (χ0) is 72.7. The molecule has 0 fully saturated rings. The molecule has 0 nitrogen and oxygen atoms in total. The predicted molar refractivity (Wildman–Crippen MR) is 283 cm³/mol. The highest BCUT2D eigenvalue weighted by Gasteiger charge is 2.64. The van der Waals surface area contributed by atoms with Crippen LogP contribution >= 0.6 is 0 Å². The highest BCUT2D eigenvalue weighted by molar-refractivity contribution is 4.84. The van der Waals surface area contributed by atoms with Crippen LogP contribution < -0.4 is 0 Å². The zero-order valence-electron chi connectivity index (χ0n) is 54.1. The summed E-state index contributed by atoms with van der Waals surface area (Å²) in [4.78, 5) is 0. The number of unbranched alkanes of at least 4 members (excludes halogenated alkanes) is 2. The van der Waals surface area contributed by atoms with Gasteiger partial charge in [-0.2, -0.15) is 132 Å². The average Bonchev–Trinajstić information content (AvgIpc) is 3.25. The Kier molecular flexibility index (Phi) is 56.5. The normalized spacial score (nSPS) is 14.1. The van der Waals surface area contributed by atoms with Crippen LogP contribution in [0.15, 0.2) is 0 Å². The average molecular weight is 1350 g/mol. The van der Waals surface area contributed by atoms with Gasteiger partial charge in [-0.15, -0.1) is 0 Å². The third-order valence-corrected chi connectivity index (χ3v) is 11.8. The van der Waals surface area contributed by atoms with Crippen LogP contribution in [0.2, 0.25) is 0 Å². The maximum absolute atomic E-state index is 11.7. The Morgan fingerprint density at radius 1 is 0.291 bits per heavy atom. The molecule has 0 aliphatic carbocycles. The highest BCUT2D eigenvalue weighted by atomic mass is 19.5. The van der Waals surface area contributed by atoms with E-state index in [0.29, 0.717) is 18.3 Å². The molecule has 0 aromatic carbocycles. The van der Waals surface area contributed by atoms with Crippen LogP contribution in [-0.4, -0.2) is 61.8 Å². The Morgan fingerprint density at radius 3 is 0.640 bits per heavy atom. The maximum Gasteiger partial charge on any atom is 0.402 e. The summed E-state index contributed by atoms with van der Waals surface area (Å²) in [6.07, 6.45) is -44.4. The van der Waals surface area contributed by atoms with E-state index in [9.17, 15) is 132 Å². The van der Waals surface area contributed by atoms with Crippen LogP contribution in [0.25, 0.3) is 0 Å². The molecule has 3 atom stereocenters. The van der Waals surface area contributed by atoms with Gasteiger partial charge in [0.15, 0.2) is 11.3 Å². The van der Waals surface area contributed by atoms with Crippen LogP contribution in [-0.2, 0) is 0 Å². The number of hydrogen-bond acceptors (Lipinski definition) is 0. The molecule has 0 bridgehead atoms. The van der Waals surface area contributed by atoms with Gasteiger partial charge in [0.05, 0.1) is 23.2 Å². The fourth-order valence-corrected chi connectivity index (χ4v) is 2.91. The summed E-state index contributed by atoms with van der Waals surface area (Å²) in [7, 11) is 0. The monoisotopic (exact) mass is 1340 g/mol. The molecular formula is C56H102F30. The molecule has 0 amide bonds. The minimum Gasteiger partial charge on any atom is -0.171 e. The van der Waals surface area contributed by atoms with Gasteiger partial charge in [-0.05, 0) is 69.1 Å². The van der Waals surface area contributed by atoms with Gasteiger partial charge in [-0.1, -0.05) is 184 Å². The Labute approximate surface area is 493 Å². The molecule has 0 heterocycles. The molecule has 0 spiro atoms. The van der Waals surface area contributed by atoms with Gasteiger partial charge >= 0.3 is 61.8 Å². The Balaban J connectivity index is -0.0000000943. The summed E-state index contributed by atoms with van der Waals surface area (Å²) in [5.74, 6) is -4.76. The minimum absolute atomic E-state index is 0.104. The fourth-order valence-electron chi connectivity index (χ4n) is 2.91. The van der Waals surface area contributed by atoms with Crippen molar-refractivity contribution in [2.24, 2.45) is 57.7 Å². The summed E-state index contributed by atoms with van der Waals surface area (Å²) in [6, 6.07) is 0. The van der Waals surface area contributed by atoms with Crippen molar-refractivity contribution in [3.05, 3.63) is 0 Å². The summed E-state index contributed by atoms with van der Waals surface area (Å²) in [5, 5.41) is 0. The van der Waals surface area contributed by atoms with Crippen molar-refractivity contribution in [3.63, 3.8) is 0 Å². The number of hydrogen-bond donors (Lipinski definition) is 0. The van der Waals surface area contributed by atoms with Gasteiger partial charge in [-0.25, -0.2) is 0 Å². The van der Waals surface area contributed by atoms with E-state index < -0.39 is 122 Å². The van der Waals surface area contributed by atoms with E-state index in [2.05, 4.69) is 76.2 Å². The molecule has 86 heavy (non-hydrogen) atoms. The van der Waals surface area contributed by atoms with Gasteiger partial charge in [0.25, 0.3) is 0 Å². The lowest BCUT2D eigenvalue weighted by Crippen LogP contribution is -2.44. The van der Waals surface area contributed by atoms with Crippen molar-refractivity contribution in [3.8, 4) is 0 Å². The van der Waals surface area contributed by atoms with E-state index in [1.54, 1.807) is 6.92 Å². The van der Waals surface area contributed by atoms with Crippen molar-refractivity contribution in [1.29, 1.82) is 0 Å². The van der Waals surface area contributed by atoms with Crippen molar-refractivity contribution in [1.82, 2.24) is 0 Å². The van der Waals surface area contributed by atoms with Crippen molar-refractivity contribution < 1.29 is 132 Å². The van der Waals surface area contributed by atoms with Gasteiger partial charge in [0.2, 0.25) is 0 Å². The van der Waals surface area contributed by atoms with Crippen LogP contribution in [0.5, 0.6) is 0 Å². The van der Waals surface area contributed by atoms with Gasteiger partial charge in [0.1, 0.15) is 0 Å². The molecule has 0 aromatic rings. The van der Waals surface area contributed by atoms with E-state index in [1.165, 1.54) is 40.5 Å². The number of halogens is 30. The van der Waals surface area contributed by atoms with Crippen molar-refractivity contribution in [2.75, 3.05) is 0 Å². The highest BCUT2D eigenvalue weighted by Crippen LogP contribution is 2.49. The van der Waals surface area contributed by atoms with E-state index in [-0.39, 0.29) is 39.5 Å². The molecule has 0 aliphatic rings. The number of rotatable bonds is 12. The summed E-state index contributed by atoms with van der Waals surface area (Å²) >= 11 is 0. The van der Waals surface area contributed by atoms with Crippen LogP contribution in [0.4, 0.5) is 132 Å². The first-order valence-corrected chi connectivity index (χ1v) is 27.7. The third kappa shape index (κ3) is 76.1. The molecule has 0 saturated heterocycles. The lowest BCUT2D eigenvalue weighted by molar-refractivity contribution is -0.327. The quantitative estimate of drug-likeness (QED) is 0.135. The van der Waals surface area contributed by atoms with Crippen LogP contribution in [0, 0.1) is 57.7 Å². The first-order chi connectivity index (χ1) is 37.1. The largest absolute Gasteiger partial charge is 0.402 e. The first-order valence-electron chi connectivity index (χ1n) is 27.7. The predicted octanol–water partition coefficient (Wildman–Crippen LogP) is 28.3. The third-order valence-electron chi connectivity index (χ3n) is 11.8. The Morgan fingerprint density at radius 2 is 0.547 bits per heavy atom. The SMILES string of the molecule is CC(C)(C(F)(F)F)C(F)(F)F.CC(C)(C)C(F)(F)F.CC(C)C(C)C.CCC(C)(C)C.CCC(C)C.CCC(C)C(F)(F)F.CCCC(C(F)(F)F)C(F)(F)F.CCCCCC(F)(F)F.CCC[C@H](C)C(F)(F)F.C[C@@H](CCC(F)(F)F)C(F)(F)F. The van der Waals surface area contributed by atoms with Crippen molar-refractivity contribution in [2.45, 2.75) is 304 Å². The number of alkyl halides is 30. The molecule has 0 rings (SSSR count). The smallest absolute Gasteiger partial charge is 0.171 e. The van der Waals surface area contributed by atoms with E-state index in [4.69, 9.17) is 0 Å². The van der Waals surface area contributed by atoms with Crippen molar-refractivity contribution >= 4 is 0 Å². The second-order valence-corrected chi connectivity index (χ2v) is 23.7. The van der Waals surface area contributed by atoms with Gasteiger partial charge < -0.3 is 0 Å². The standard InChI is InChI=1S/2C6H8F6.2C6H11F3.2C6H14.C5H6F6.2C5H9F3.C5H12/c1-4(6(10,11)12)2-3-5(7,8)9;1-2-3-4(5(7,8)9)6(10,11)12;1-3-4-5(2)6(7,8)9;1-2-3-4-5-6(7,8)9;1-5-6(2,3)4;1-5(2)6(3)4;1-3(2,4(6,7)8)5(9,10)11;1-4(2,3)5(6,7)8;1-3-4(2)5(6,7)8;1-4-5(2)3/h2*4H,2-3H2,1H3;5H,3-4H2,1-2H3;2-5H2,1H3;5H2,1-4H3;5-6H,1-4H3;1-2H3;1-3H3;4H,3H2,1-2H3;5H,4H2,1-3H3/t4-;;5-;;;;;;;/m0.0......./s1. The summed E-state index contributed by atoms with van der Waals surface area (Å²) in [5.41, 5.74) is -4.65. The molecule has 536 valence electrons. The summed E-state index contributed by atoms with van der Waals surface area (Å²) in [6.45, 7) is 37.8. The molecule has 0 N–H and O–H groups in total. The lowest BCUT2D eigenvalue weighted by atomic mass is 9.92. The molecule has 0 aromatic heterocycles. The summed E-state index contributed by atoms with van der Waals surface area (Å²) < 4.78 is 347. The Bertz CT molecular complexity index is 1430. The topological polar surface area (TPSA) is 0 Å². The first kappa shape index (κ1) is 106. The van der Waals surface area contributed by atoms with E-state index in [0.717, 1.165) is 51.9 Å². The Hall–Kier alpha value is -2.10. The molecule has 0 radical (unpaired) electrons. The minimum atomic E-state index is -5.24. The molecule has 1 unspecified atom stereocenters. The fraction of sp³-hybridized carbons (Fsp3) is 1.00. The van der Waals surface area contributed by atoms with E-state index in [1.807, 2.05) is 6.92 Å².